The van der Waals surface area contributed by atoms with Crippen LogP contribution in [0, 0.1) is 13.8 Å². The number of rotatable bonds is 6. The van der Waals surface area contributed by atoms with Crippen LogP contribution in [0.2, 0.25) is 0 Å². The number of carbonyl (C=O) groups is 1. The number of hydrogen-bond donors (Lipinski definition) is 2. The number of aryl methyl sites for hydroxylation is 2. The highest BCUT2D eigenvalue weighted by molar-refractivity contribution is 8.00. The average Bonchev–Trinajstić information content (AvgIpc) is 3.15. The van der Waals surface area contributed by atoms with Gasteiger partial charge < -0.3 is 11.2 Å². The number of nitrogens with two attached hydrogens (primary N) is 1. The van der Waals surface area contributed by atoms with Crippen LogP contribution in [0.15, 0.2) is 78.1 Å². The Bertz CT molecular complexity index is 1190. The molecule has 8 heteroatoms. The molecule has 4 rings (SSSR count). The lowest BCUT2D eigenvalue weighted by atomic mass is 10.1. The molecule has 0 spiro atoms. The van der Waals surface area contributed by atoms with Gasteiger partial charge in [0.25, 0.3) is 0 Å². The van der Waals surface area contributed by atoms with Crippen molar-refractivity contribution in [2.45, 2.75) is 24.3 Å². The van der Waals surface area contributed by atoms with Gasteiger partial charge in [0.05, 0.1) is 0 Å². The first-order chi connectivity index (χ1) is 15.0. The number of nitrogen functional groups attached to an aromatic ring is 1. The van der Waals surface area contributed by atoms with E-state index in [-0.39, 0.29) is 5.91 Å². The summed E-state index contributed by atoms with van der Waals surface area (Å²) in [7, 11) is 0. The number of nitrogens with one attached hydrogen (secondary N) is 1. The van der Waals surface area contributed by atoms with Crippen molar-refractivity contribution in [3.05, 3.63) is 89.6 Å². The zero-order valence-electron chi connectivity index (χ0n) is 17.2. The van der Waals surface area contributed by atoms with Gasteiger partial charge in [0.2, 0.25) is 16.9 Å². The van der Waals surface area contributed by atoms with E-state index in [1.807, 2.05) is 80.6 Å². The maximum Gasteiger partial charge on any atom is 0.242 e. The molecule has 4 aromatic rings. The number of thioether (sulfide) groups is 1. The molecule has 0 fully saturated rings. The van der Waals surface area contributed by atoms with Crippen molar-refractivity contribution in [2.24, 2.45) is 0 Å². The number of carbonyl (C=O) groups excluding carboxylic acids is 1. The molecule has 2 aromatic heterocycles. The Morgan fingerprint density at radius 3 is 2.55 bits per heavy atom. The van der Waals surface area contributed by atoms with Crippen molar-refractivity contribution >= 4 is 23.4 Å². The fraction of sp³-hybridized carbons (Fsp3) is 0.130. The topological polar surface area (TPSA) is 98.7 Å². The minimum Gasteiger partial charge on any atom is -0.335 e. The maximum atomic E-state index is 13.3. The summed E-state index contributed by atoms with van der Waals surface area (Å²) >= 11 is 1.25. The second-order valence-electron chi connectivity index (χ2n) is 7.11. The van der Waals surface area contributed by atoms with Crippen molar-refractivity contribution in [2.75, 3.05) is 11.2 Å². The van der Waals surface area contributed by atoms with Crippen molar-refractivity contribution < 1.29 is 4.79 Å². The third kappa shape index (κ3) is 4.59. The van der Waals surface area contributed by atoms with Crippen LogP contribution in [-0.4, -0.2) is 25.8 Å². The predicted molar refractivity (Wildman–Crippen MR) is 123 cm³/mol. The van der Waals surface area contributed by atoms with Gasteiger partial charge >= 0.3 is 0 Å². The lowest BCUT2D eigenvalue weighted by Crippen LogP contribution is -2.21. The minimum absolute atomic E-state index is 0.160. The molecule has 0 saturated heterocycles. The quantitative estimate of drug-likeness (QED) is 0.352. The first-order valence-electron chi connectivity index (χ1n) is 9.74. The lowest BCUT2D eigenvalue weighted by Gasteiger charge is -2.17. The van der Waals surface area contributed by atoms with E-state index in [9.17, 15) is 4.79 Å². The standard InChI is InChI=1S/C23H22N6OS/c1-15-11-12-16(2)19(14-15)26-22(30)20(17-8-4-3-5-9-17)31-23-28-27-21(29(23)24)18-10-6-7-13-25-18/h3-14,20H,24H2,1-2H3,(H,26,30). The van der Waals surface area contributed by atoms with Crippen LogP contribution in [0.1, 0.15) is 21.9 Å². The molecule has 0 bridgehead atoms. The minimum atomic E-state index is -0.566. The monoisotopic (exact) mass is 430 g/mol. The molecule has 0 radical (unpaired) electrons. The molecule has 2 heterocycles. The van der Waals surface area contributed by atoms with Gasteiger partial charge in [-0.05, 0) is 48.7 Å². The van der Waals surface area contributed by atoms with Gasteiger partial charge in [0.1, 0.15) is 10.9 Å². The van der Waals surface area contributed by atoms with Gasteiger partial charge in [-0.25, -0.2) is 4.68 Å². The molecule has 3 N–H and O–H groups in total. The number of amides is 1. The molecule has 0 aliphatic carbocycles. The Labute approximate surface area is 184 Å². The number of pyridine rings is 1. The van der Waals surface area contributed by atoms with Gasteiger partial charge in [0, 0.05) is 11.9 Å². The molecule has 1 amide bonds. The molecule has 31 heavy (non-hydrogen) atoms. The molecule has 2 aromatic carbocycles. The molecular formula is C23H22N6OS. The van der Waals surface area contributed by atoms with E-state index in [4.69, 9.17) is 5.84 Å². The van der Waals surface area contributed by atoms with Crippen LogP contribution in [0.4, 0.5) is 5.69 Å². The number of hydrogen-bond acceptors (Lipinski definition) is 6. The third-order valence-electron chi connectivity index (χ3n) is 4.77. The largest absolute Gasteiger partial charge is 0.335 e. The van der Waals surface area contributed by atoms with Gasteiger partial charge in [-0.15, -0.1) is 10.2 Å². The maximum absolute atomic E-state index is 13.3. The van der Waals surface area contributed by atoms with Gasteiger partial charge in [-0.3, -0.25) is 9.78 Å². The number of anilines is 1. The van der Waals surface area contributed by atoms with E-state index in [0.29, 0.717) is 16.7 Å². The Morgan fingerprint density at radius 2 is 1.81 bits per heavy atom. The van der Waals surface area contributed by atoms with Crippen LogP contribution >= 0.6 is 11.8 Å². The summed E-state index contributed by atoms with van der Waals surface area (Å²) in [5.74, 6) is 6.53. The van der Waals surface area contributed by atoms with E-state index in [0.717, 1.165) is 22.4 Å². The molecule has 1 atom stereocenters. The fourth-order valence-electron chi connectivity index (χ4n) is 3.10. The highest BCUT2D eigenvalue weighted by atomic mass is 32.2. The first-order valence-corrected chi connectivity index (χ1v) is 10.6. The molecular weight excluding hydrogens is 408 g/mol. The number of aromatic nitrogens is 4. The summed E-state index contributed by atoms with van der Waals surface area (Å²) in [6.07, 6.45) is 1.67. The van der Waals surface area contributed by atoms with Gasteiger partial charge in [-0.1, -0.05) is 60.3 Å². The van der Waals surface area contributed by atoms with E-state index < -0.39 is 5.25 Å². The van der Waals surface area contributed by atoms with Crippen molar-refractivity contribution in [3.8, 4) is 11.5 Å². The number of nitrogens with zero attached hydrogens (tertiary/aromatic N) is 4. The van der Waals surface area contributed by atoms with E-state index >= 15 is 0 Å². The molecule has 7 nitrogen and oxygen atoms in total. The van der Waals surface area contributed by atoms with Gasteiger partial charge in [0.15, 0.2) is 0 Å². The van der Waals surface area contributed by atoms with Crippen LogP contribution in [0.25, 0.3) is 11.5 Å². The molecule has 1 unspecified atom stereocenters. The van der Waals surface area contributed by atoms with Gasteiger partial charge in [-0.2, -0.15) is 0 Å². The average molecular weight is 431 g/mol. The first kappa shape index (κ1) is 20.6. The molecule has 0 saturated carbocycles. The van der Waals surface area contributed by atoms with Crippen molar-refractivity contribution in [1.29, 1.82) is 0 Å². The highest BCUT2D eigenvalue weighted by Gasteiger charge is 2.26. The second kappa shape index (κ2) is 9.01. The van der Waals surface area contributed by atoms with Crippen LogP contribution < -0.4 is 11.2 Å². The molecule has 0 aliphatic rings. The Kier molecular flexibility index (Phi) is 5.99. The predicted octanol–water partition coefficient (Wildman–Crippen LogP) is 4.14. The van der Waals surface area contributed by atoms with Crippen LogP contribution in [0.3, 0.4) is 0 Å². The van der Waals surface area contributed by atoms with E-state index in [1.165, 1.54) is 16.4 Å². The Hall–Kier alpha value is -3.65. The normalized spacial score (nSPS) is 11.8. The second-order valence-corrected chi connectivity index (χ2v) is 8.18. The third-order valence-corrected chi connectivity index (χ3v) is 5.98. The van der Waals surface area contributed by atoms with E-state index in [1.54, 1.807) is 6.20 Å². The van der Waals surface area contributed by atoms with E-state index in [2.05, 4.69) is 20.5 Å². The highest BCUT2D eigenvalue weighted by Crippen LogP contribution is 2.36. The fourth-order valence-corrected chi connectivity index (χ4v) is 4.06. The molecule has 156 valence electrons. The molecule has 0 aliphatic heterocycles. The van der Waals surface area contributed by atoms with Crippen LogP contribution in [0.5, 0.6) is 0 Å². The smallest absolute Gasteiger partial charge is 0.242 e. The summed E-state index contributed by atoms with van der Waals surface area (Å²) in [5.41, 5.74) is 4.31. The zero-order chi connectivity index (χ0) is 21.8. The summed E-state index contributed by atoms with van der Waals surface area (Å²) < 4.78 is 1.37. The summed E-state index contributed by atoms with van der Waals surface area (Å²) in [4.78, 5) is 17.6. The van der Waals surface area contributed by atoms with Crippen molar-refractivity contribution in [1.82, 2.24) is 19.9 Å². The lowest BCUT2D eigenvalue weighted by molar-refractivity contribution is -0.115. The Morgan fingerprint density at radius 1 is 1.03 bits per heavy atom. The zero-order valence-corrected chi connectivity index (χ0v) is 18.0. The SMILES string of the molecule is Cc1ccc(C)c(NC(=O)C(Sc2nnc(-c3ccccn3)n2N)c2ccccc2)c1. The number of benzene rings is 2. The van der Waals surface area contributed by atoms with Crippen molar-refractivity contribution in [3.63, 3.8) is 0 Å². The Balaban J connectivity index is 1.65. The van der Waals surface area contributed by atoms with Crippen LogP contribution in [-0.2, 0) is 4.79 Å². The summed E-state index contributed by atoms with van der Waals surface area (Å²) in [5, 5.41) is 11.3. The summed E-state index contributed by atoms with van der Waals surface area (Å²) in [6.45, 7) is 3.96. The summed E-state index contributed by atoms with van der Waals surface area (Å²) in [6, 6.07) is 21.0.